The maximum absolute atomic E-state index is 9.11. The summed E-state index contributed by atoms with van der Waals surface area (Å²) < 4.78 is 0. The van der Waals surface area contributed by atoms with Gasteiger partial charge in [0.2, 0.25) is 0 Å². The normalized spacial score (nSPS) is 16.2. The van der Waals surface area contributed by atoms with Crippen LogP contribution in [-0.4, -0.2) is 28.0 Å². The van der Waals surface area contributed by atoms with Crippen molar-refractivity contribution in [2.75, 3.05) is 13.1 Å². The molecule has 0 N–H and O–H groups in total. The molecule has 98 valence electrons. The van der Waals surface area contributed by atoms with Crippen molar-refractivity contribution in [3.05, 3.63) is 23.3 Å². The van der Waals surface area contributed by atoms with Crippen molar-refractivity contribution in [1.29, 1.82) is 10.5 Å². The molecular formula is C14H17N5. The minimum absolute atomic E-state index is 0.0656. The third kappa shape index (κ3) is 3.49. The Balaban J connectivity index is 1.98. The van der Waals surface area contributed by atoms with E-state index in [1.165, 1.54) is 5.56 Å². The van der Waals surface area contributed by atoms with Crippen molar-refractivity contribution in [3.63, 3.8) is 0 Å². The van der Waals surface area contributed by atoms with Crippen LogP contribution in [0.15, 0.2) is 6.20 Å². The molecule has 0 spiro atoms. The number of fused-ring (bicyclic) bond motifs is 1. The summed E-state index contributed by atoms with van der Waals surface area (Å²) in [6, 6.07) is 4.40. The van der Waals surface area contributed by atoms with Gasteiger partial charge in [-0.2, -0.15) is 10.5 Å². The van der Waals surface area contributed by atoms with Crippen LogP contribution in [0, 0.1) is 35.5 Å². The van der Waals surface area contributed by atoms with Crippen molar-refractivity contribution < 1.29 is 0 Å². The lowest BCUT2D eigenvalue weighted by Gasteiger charge is -2.29. The smallest absolute Gasteiger partial charge is 0.125 e. The van der Waals surface area contributed by atoms with Crippen molar-refractivity contribution in [2.45, 2.75) is 32.7 Å². The van der Waals surface area contributed by atoms with E-state index in [2.05, 4.69) is 27.0 Å². The fourth-order valence-corrected chi connectivity index (χ4v) is 2.36. The highest BCUT2D eigenvalue weighted by atomic mass is 15.1. The van der Waals surface area contributed by atoms with Crippen molar-refractivity contribution in [1.82, 2.24) is 14.9 Å². The Labute approximate surface area is 113 Å². The van der Waals surface area contributed by atoms with Gasteiger partial charge in [0.05, 0.1) is 23.8 Å². The van der Waals surface area contributed by atoms with Gasteiger partial charge in [-0.25, -0.2) is 9.97 Å². The van der Waals surface area contributed by atoms with Crippen molar-refractivity contribution in [3.8, 4) is 12.1 Å². The quantitative estimate of drug-likeness (QED) is 0.816. The second-order valence-corrected chi connectivity index (χ2v) is 4.90. The summed E-state index contributed by atoms with van der Waals surface area (Å²) in [6.07, 6.45) is 3.95. The van der Waals surface area contributed by atoms with Crippen LogP contribution < -0.4 is 0 Å². The van der Waals surface area contributed by atoms with Crippen LogP contribution >= 0.6 is 0 Å². The minimum atomic E-state index is -0.0656. The Bertz CT molecular complexity index is 526. The number of nitrogens with zero attached hydrogens (tertiary/aromatic N) is 5. The molecule has 5 heteroatoms. The van der Waals surface area contributed by atoms with Crippen LogP contribution in [-0.2, 0) is 13.0 Å². The Kier molecular flexibility index (Phi) is 4.43. The van der Waals surface area contributed by atoms with Crippen LogP contribution in [0.1, 0.15) is 29.9 Å². The van der Waals surface area contributed by atoms with Crippen LogP contribution in [0.5, 0.6) is 0 Å². The Hall–Kier alpha value is -1.98. The third-order valence-electron chi connectivity index (χ3n) is 3.41. The Morgan fingerprint density at radius 3 is 3.05 bits per heavy atom. The number of nitriles is 2. The largest absolute Gasteiger partial charge is 0.296 e. The summed E-state index contributed by atoms with van der Waals surface area (Å²) in [7, 11) is 0. The summed E-state index contributed by atoms with van der Waals surface area (Å²) in [5.41, 5.74) is 2.29. The molecule has 1 aromatic heterocycles. The molecule has 0 unspecified atom stereocenters. The van der Waals surface area contributed by atoms with E-state index in [1.54, 1.807) is 0 Å². The number of rotatable bonds is 4. The van der Waals surface area contributed by atoms with Gasteiger partial charge in [0.1, 0.15) is 5.82 Å². The zero-order chi connectivity index (χ0) is 13.7. The number of aromatic nitrogens is 2. The predicted octanol–water partition coefficient (Wildman–Crippen LogP) is 1.59. The summed E-state index contributed by atoms with van der Waals surface area (Å²) in [4.78, 5) is 10.9. The predicted molar refractivity (Wildman–Crippen MR) is 69.7 cm³/mol. The second kappa shape index (κ2) is 6.26. The highest BCUT2D eigenvalue weighted by Crippen LogP contribution is 2.18. The molecule has 1 aliphatic rings. The second-order valence-electron chi connectivity index (χ2n) is 4.90. The first kappa shape index (κ1) is 13.5. The molecule has 0 bridgehead atoms. The SMILES string of the molecule is Cc1ncc2c(n1)CN(C[C@H](C#N)CCC#N)CC2. The van der Waals surface area contributed by atoms with Crippen LogP contribution in [0.4, 0.5) is 0 Å². The average Bonchev–Trinajstić information content (AvgIpc) is 2.43. The zero-order valence-corrected chi connectivity index (χ0v) is 11.1. The molecular weight excluding hydrogens is 238 g/mol. The van der Waals surface area contributed by atoms with Gasteiger partial charge in [0, 0.05) is 32.3 Å². The zero-order valence-electron chi connectivity index (χ0n) is 11.1. The molecule has 1 aromatic rings. The maximum Gasteiger partial charge on any atom is 0.125 e. The lowest BCUT2D eigenvalue weighted by molar-refractivity contribution is 0.224. The first-order valence-electron chi connectivity index (χ1n) is 6.53. The fourth-order valence-electron chi connectivity index (χ4n) is 2.36. The van der Waals surface area contributed by atoms with Gasteiger partial charge in [-0.05, 0) is 25.3 Å². The van der Waals surface area contributed by atoms with Gasteiger partial charge in [-0.3, -0.25) is 4.90 Å². The van der Waals surface area contributed by atoms with Crippen molar-refractivity contribution in [2.24, 2.45) is 5.92 Å². The fraction of sp³-hybridized carbons (Fsp3) is 0.571. The third-order valence-corrected chi connectivity index (χ3v) is 3.41. The molecule has 0 saturated carbocycles. The molecule has 0 aromatic carbocycles. The van der Waals surface area contributed by atoms with Gasteiger partial charge in [-0.15, -0.1) is 0 Å². The molecule has 1 atom stereocenters. The maximum atomic E-state index is 9.11. The molecule has 2 rings (SSSR count). The molecule has 1 aliphatic heterocycles. The van der Waals surface area contributed by atoms with E-state index in [4.69, 9.17) is 10.5 Å². The van der Waals surface area contributed by atoms with Crippen LogP contribution in [0.3, 0.4) is 0 Å². The van der Waals surface area contributed by atoms with E-state index >= 15 is 0 Å². The number of hydrogen-bond donors (Lipinski definition) is 0. The molecule has 0 amide bonds. The molecule has 2 heterocycles. The molecule has 0 aliphatic carbocycles. The van der Waals surface area contributed by atoms with E-state index in [-0.39, 0.29) is 5.92 Å². The highest BCUT2D eigenvalue weighted by molar-refractivity contribution is 5.20. The van der Waals surface area contributed by atoms with Gasteiger partial charge in [-0.1, -0.05) is 0 Å². The molecule has 5 nitrogen and oxygen atoms in total. The summed E-state index contributed by atoms with van der Waals surface area (Å²) in [5.74, 6) is 0.728. The van der Waals surface area contributed by atoms with Gasteiger partial charge < -0.3 is 0 Å². The van der Waals surface area contributed by atoms with E-state index in [0.29, 0.717) is 12.8 Å². The molecule has 19 heavy (non-hydrogen) atoms. The topological polar surface area (TPSA) is 76.6 Å². The Morgan fingerprint density at radius 1 is 1.47 bits per heavy atom. The summed E-state index contributed by atoms with van der Waals surface area (Å²) in [6.45, 7) is 4.33. The Morgan fingerprint density at radius 2 is 2.32 bits per heavy atom. The minimum Gasteiger partial charge on any atom is -0.296 e. The standard InChI is InChI=1S/C14H17N5/c1-11-17-8-13-4-6-19(10-14(13)18-11)9-12(7-16)3-2-5-15/h8,12H,2-4,6,9-10H2,1H3/t12-/m0/s1. The van der Waals surface area contributed by atoms with Gasteiger partial charge >= 0.3 is 0 Å². The monoisotopic (exact) mass is 255 g/mol. The first-order valence-corrected chi connectivity index (χ1v) is 6.53. The van der Waals surface area contributed by atoms with E-state index in [0.717, 1.165) is 37.6 Å². The first-order chi connectivity index (χ1) is 9.22. The average molecular weight is 255 g/mol. The molecule has 0 radical (unpaired) electrons. The number of aryl methyl sites for hydroxylation is 1. The van der Waals surface area contributed by atoms with Gasteiger partial charge in [0.15, 0.2) is 0 Å². The lowest BCUT2D eigenvalue weighted by Crippen LogP contribution is -2.35. The van der Waals surface area contributed by atoms with E-state index < -0.39 is 0 Å². The van der Waals surface area contributed by atoms with E-state index in [9.17, 15) is 0 Å². The lowest BCUT2D eigenvalue weighted by atomic mass is 10.0. The van der Waals surface area contributed by atoms with Crippen LogP contribution in [0.2, 0.25) is 0 Å². The summed E-state index contributed by atoms with van der Waals surface area (Å²) >= 11 is 0. The number of hydrogen-bond acceptors (Lipinski definition) is 5. The molecule has 0 fully saturated rings. The van der Waals surface area contributed by atoms with E-state index in [1.807, 2.05) is 13.1 Å². The van der Waals surface area contributed by atoms with Crippen LogP contribution in [0.25, 0.3) is 0 Å². The highest BCUT2D eigenvalue weighted by Gasteiger charge is 2.20. The summed E-state index contributed by atoms with van der Waals surface area (Å²) in [5, 5.41) is 17.7. The van der Waals surface area contributed by atoms with Gasteiger partial charge in [0.25, 0.3) is 0 Å². The molecule has 0 saturated heterocycles. The van der Waals surface area contributed by atoms with Crippen molar-refractivity contribution >= 4 is 0 Å².